The smallest absolute Gasteiger partial charge is 0.284 e. The summed E-state index contributed by atoms with van der Waals surface area (Å²) in [5, 5.41) is 1.53. The van der Waals surface area contributed by atoms with E-state index in [-0.39, 0.29) is 5.76 Å². The first-order valence-electron chi connectivity index (χ1n) is 4.66. The second-order valence-electron chi connectivity index (χ2n) is 3.53. The highest BCUT2D eigenvalue weighted by atomic mass is 35.5. The Kier molecular flexibility index (Phi) is 1.76. The molecule has 0 bridgehead atoms. The first kappa shape index (κ1) is 9.30. The molecule has 0 atom stereocenters. The van der Waals surface area contributed by atoms with Crippen LogP contribution in [-0.4, -0.2) is 10.9 Å². The summed E-state index contributed by atoms with van der Waals surface area (Å²) in [7, 11) is 0. The number of H-pyrrole nitrogens is 1. The van der Waals surface area contributed by atoms with Crippen molar-refractivity contribution in [3.63, 3.8) is 0 Å². The molecule has 80 valence electrons. The van der Waals surface area contributed by atoms with Gasteiger partial charge in [-0.3, -0.25) is 4.79 Å². The number of aromatic nitrogens is 1. The van der Waals surface area contributed by atoms with Crippen molar-refractivity contribution in [3.05, 3.63) is 35.0 Å². The number of halogens is 1. The first-order chi connectivity index (χ1) is 7.65. The lowest BCUT2D eigenvalue weighted by Crippen LogP contribution is -2.09. The average molecular weight is 235 g/mol. The lowest BCUT2D eigenvalue weighted by atomic mass is 10.2. The van der Waals surface area contributed by atoms with E-state index in [0.29, 0.717) is 10.6 Å². The quantitative estimate of drug-likeness (QED) is 0.679. The van der Waals surface area contributed by atoms with E-state index in [0.717, 1.165) is 16.4 Å². The highest BCUT2D eigenvalue weighted by molar-refractivity contribution is 6.31. The fourth-order valence-electron chi connectivity index (χ4n) is 1.77. The summed E-state index contributed by atoms with van der Waals surface area (Å²) in [6.07, 6.45) is 0. The molecule has 0 unspecified atom stereocenters. The number of nitrogens with two attached hydrogens (primary N) is 1. The fraction of sp³-hybridized carbons (Fsp3) is 0. The molecule has 1 aromatic carbocycles. The van der Waals surface area contributed by atoms with Gasteiger partial charge in [0.25, 0.3) is 5.91 Å². The van der Waals surface area contributed by atoms with E-state index in [2.05, 4.69) is 4.98 Å². The van der Waals surface area contributed by atoms with Crippen molar-refractivity contribution in [2.24, 2.45) is 5.73 Å². The van der Waals surface area contributed by atoms with Gasteiger partial charge in [-0.05, 0) is 18.2 Å². The summed E-state index contributed by atoms with van der Waals surface area (Å²) in [6.45, 7) is 0. The van der Waals surface area contributed by atoms with E-state index in [1.807, 2.05) is 6.07 Å². The Hall–Kier alpha value is -1.94. The van der Waals surface area contributed by atoms with Crippen LogP contribution in [0.4, 0.5) is 0 Å². The van der Waals surface area contributed by atoms with Gasteiger partial charge in [0, 0.05) is 16.5 Å². The SMILES string of the molecule is NC(=O)c1cc2[nH]c3cc(Cl)ccc3c2o1. The van der Waals surface area contributed by atoms with Crippen LogP contribution >= 0.6 is 11.6 Å². The highest BCUT2D eigenvalue weighted by Crippen LogP contribution is 2.29. The number of fused-ring (bicyclic) bond motifs is 3. The Morgan fingerprint density at radius 1 is 1.31 bits per heavy atom. The minimum atomic E-state index is -0.577. The Balaban J connectivity index is 2.38. The second kappa shape index (κ2) is 3.02. The number of hydrogen-bond acceptors (Lipinski definition) is 2. The molecule has 0 aliphatic heterocycles. The van der Waals surface area contributed by atoms with Crippen LogP contribution in [0.2, 0.25) is 5.02 Å². The minimum absolute atomic E-state index is 0.151. The lowest BCUT2D eigenvalue weighted by Gasteiger charge is -1.91. The topological polar surface area (TPSA) is 72.0 Å². The molecule has 1 amide bonds. The zero-order valence-electron chi connectivity index (χ0n) is 8.08. The molecule has 0 saturated heterocycles. The maximum Gasteiger partial charge on any atom is 0.284 e. The largest absolute Gasteiger partial charge is 0.449 e. The van der Waals surface area contributed by atoms with Gasteiger partial charge in [0.2, 0.25) is 0 Å². The Labute approximate surface area is 95.0 Å². The van der Waals surface area contributed by atoms with Crippen LogP contribution in [0.3, 0.4) is 0 Å². The zero-order valence-corrected chi connectivity index (χ0v) is 8.84. The average Bonchev–Trinajstić information content (AvgIpc) is 2.73. The number of nitrogens with one attached hydrogen (secondary N) is 1. The number of hydrogen-bond donors (Lipinski definition) is 2. The van der Waals surface area contributed by atoms with Crippen LogP contribution in [0.5, 0.6) is 0 Å². The van der Waals surface area contributed by atoms with Crippen molar-refractivity contribution >= 4 is 39.5 Å². The Morgan fingerprint density at radius 3 is 2.88 bits per heavy atom. The number of rotatable bonds is 1. The molecule has 16 heavy (non-hydrogen) atoms. The van der Waals surface area contributed by atoms with E-state index < -0.39 is 5.91 Å². The predicted molar refractivity (Wildman–Crippen MR) is 61.6 cm³/mol. The van der Waals surface area contributed by atoms with Crippen LogP contribution in [0.1, 0.15) is 10.6 Å². The third-order valence-corrected chi connectivity index (χ3v) is 2.71. The van der Waals surface area contributed by atoms with Crippen molar-refractivity contribution in [3.8, 4) is 0 Å². The zero-order chi connectivity index (χ0) is 11.3. The van der Waals surface area contributed by atoms with Gasteiger partial charge in [-0.15, -0.1) is 0 Å². The second-order valence-corrected chi connectivity index (χ2v) is 3.97. The molecule has 3 aromatic rings. The first-order valence-corrected chi connectivity index (χ1v) is 5.03. The summed E-state index contributed by atoms with van der Waals surface area (Å²) in [5.74, 6) is -0.426. The van der Waals surface area contributed by atoms with Gasteiger partial charge in [0.15, 0.2) is 11.3 Å². The molecule has 2 heterocycles. The van der Waals surface area contributed by atoms with E-state index >= 15 is 0 Å². The molecule has 0 saturated carbocycles. The van der Waals surface area contributed by atoms with Gasteiger partial charge in [0.1, 0.15) is 0 Å². The number of primary amides is 1. The molecule has 3 N–H and O–H groups in total. The summed E-state index contributed by atoms with van der Waals surface area (Å²) in [6, 6.07) is 7.00. The van der Waals surface area contributed by atoms with Crippen molar-refractivity contribution in [1.82, 2.24) is 4.98 Å². The minimum Gasteiger partial charge on any atom is -0.449 e. The highest BCUT2D eigenvalue weighted by Gasteiger charge is 2.13. The molecule has 4 nitrogen and oxygen atoms in total. The van der Waals surface area contributed by atoms with Gasteiger partial charge in [-0.1, -0.05) is 11.6 Å². The van der Waals surface area contributed by atoms with E-state index in [1.54, 1.807) is 18.2 Å². The normalized spacial score (nSPS) is 11.3. The molecule has 3 rings (SSSR count). The third-order valence-electron chi connectivity index (χ3n) is 2.47. The maximum absolute atomic E-state index is 11.0. The number of carbonyl (C=O) groups excluding carboxylic acids is 1. The van der Waals surface area contributed by atoms with Gasteiger partial charge in [-0.2, -0.15) is 0 Å². The van der Waals surface area contributed by atoms with Crippen molar-refractivity contribution < 1.29 is 9.21 Å². The van der Waals surface area contributed by atoms with Gasteiger partial charge >= 0.3 is 0 Å². The lowest BCUT2D eigenvalue weighted by molar-refractivity contribution is 0.0976. The van der Waals surface area contributed by atoms with Crippen molar-refractivity contribution in [2.75, 3.05) is 0 Å². The summed E-state index contributed by atoms with van der Waals surface area (Å²) >= 11 is 5.87. The molecule has 0 spiro atoms. The van der Waals surface area contributed by atoms with Crippen LogP contribution in [0.15, 0.2) is 28.7 Å². The Bertz CT molecular complexity index is 711. The summed E-state index contributed by atoms with van der Waals surface area (Å²) < 4.78 is 5.37. The van der Waals surface area contributed by atoms with Crippen molar-refractivity contribution in [1.29, 1.82) is 0 Å². The number of furan rings is 1. The monoisotopic (exact) mass is 234 g/mol. The number of amides is 1. The van der Waals surface area contributed by atoms with Crippen LogP contribution in [0, 0.1) is 0 Å². The van der Waals surface area contributed by atoms with Crippen molar-refractivity contribution in [2.45, 2.75) is 0 Å². The maximum atomic E-state index is 11.0. The molecule has 0 aliphatic rings. The van der Waals surface area contributed by atoms with Gasteiger partial charge < -0.3 is 15.1 Å². The van der Waals surface area contributed by atoms with Crippen LogP contribution in [0.25, 0.3) is 22.0 Å². The molecular formula is C11H7ClN2O2. The van der Waals surface area contributed by atoms with Gasteiger partial charge in [0.05, 0.1) is 11.0 Å². The summed E-state index contributed by atoms with van der Waals surface area (Å²) in [4.78, 5) is 14.1. The number of carbonyl (C=O) groups is 1. The third kappa shape index (κ3) is 1.20. The molecular weight excluding hydrogens is 228 g/mol. The standard InChI is InChI=1S/C11H7ClN2O2/c12-5-1-2-6-7(3-5)14-8-4-9(11(13)15)16-10(6)8/h1-4,14H,(H2,13,15). The fourth-order valence-corrected chi connectivity index (χ4v) is 1.94. The molecule has 2 aromatic heterocycles. The van der Waals surface area contributed by atoms with E-state index in [4.69, 9.17) is 21.8 Å². The molecule has 0 radical (unpaired) electrons. The molecule has 5 heteroatoms. The van der Waals surface area contributed by atoms with E-state index in [9.17, 15) is 4.79 Å². The molecule has 0 fully saturated rings. The van der Waals surface area contributed by atoms with Crippen LogP contribution in [-0.2, 0) is 0 Å². The predicted octanol–water partition coefficient (Wildman–Crippen LogP) is 2.67. The Morgan fingerprint density at radius 2 is 2.12 bits per heavy atom. The van der Waals surface area contributed by atoms with E-state index in [1.165, 1.54) is 0 Å². The summed E-state index contributed by atoms with van der Waals surface area (Å²) in [5.41, 5.74) is 7.38. The number of benzene rings is 1. The van der Waals surface area contributed by atoms with Gasteiger partial charge in [-0.25, -0.2) is 0 Å². The number of aromatic amines is 1. The van der Waals surface area contributed by atoms with Crippen LogP contribution < -0.4 is 5.73 Å². The molecule has 0 aliphatic carbocycles.